The van der Waals surface area contributed by atoms with Crippen LogP contribution in [0.3, 0.4) is 0 Å². The van der Waals surface area contributed by atoms with Gasteiger partial charge in [-0.25, -0.2) is 0 Å². The fourth-order valence-electron chi connectivity index (χ4n) is 0.326. The zero-order valence-corrected chi connectivity index (χ0v) is 4.52. The highest BCUT2D eigenvalue weighted by atomic mass is 31.1. The molecule has 1 atom stereocenters. The molecule has 1 aromatic rings. The van der Waals surface area contributed by atoms with E-state index >= 15 is 0 Å². The summed E-state index contributed by atoms with van der Waals surface area (Å²) in [5.41, 5.74) is 0. The summed E-state index contributed by atoms with van der Waals surface area (Å²) >= 11 is 0. The van der Waals surface area contributed by atoms with Gasteiger partial charge in [-0.2, -0.15) is 0 Å². The Morgan fingerprint density at radius 3 is 2.67 bits per heavy atom. The molecular weight excluding hydrogens is 93.0 g/mol. The van der Waals surface area contributed by atoms with Crippen molar-refractivity contribution < 1.29 is 0 Å². The molecule has 32 valence electrons. The summed E-state index contributed by atoms with van der Waals surface area (Å²) in [7, 11) is 0.0628. The molecular formula is C4H6NP. The molecule has 0 saturated heterocycles. The molecule has 0 radical (unpaired) electrons. The second kappa shape index (κ2) is 1.44. The molecule has 1 aromatic heterocycles. The quantitative estimate of drug-likeness (QED) is 0.481. The first kappa shape index (κ1) is 3.89. The summed E-state index contributed by atoms with van der Waals surface area (Å²) in [6.45, 7) is 2.17. The fourth-order valence-corrected chi connectivity index (χ4v) is 0.977. The highest BCUT2D eigenvalue weighted by molar-refractivity contribution is 7.46. The van der Waals surface area contributed by atoms with Crippen LogP contribution in [0.5, 0.6) is 0 Å². The van der Waals surface area contributed by atoms with Crippen LogP contribution in [-0.2, 0) is 6.66 Å². The third kappa shape index (κ3) is 0.605. The van der Waals surface area contributed by atoms with Gasteiger partial charge in [-0.05, 0) is 12.5 Å². The van der Waals surface area contributed by atoms with Gasteiger partial charge >= 0.3 is 0 Å². The van der Waals surface area contributed by atoms with Gasteiger partial charge in [0.1, 0.15) is 0 Å². The van der Waals surface area contributed by atoms with E-state index in [-0.39, 0.29) is 7.53 Å². The molecule has 0 N–H and O–H groups in total. The second-order valence-electron chi connectivity index (χ2n) is 1.23. The average molecular weight is 99.1 g/mol. The zero-order valence-electron chi connectivity index (χ0n) is 3.63. The maximum atomic E-state index is 3.89. The molecule has 0 saturated carbocycles. The summed E-state index contributed by atoms with van der Waals surface area (Å²) in [6.07, 6.45) is 1.85. The summed E-state index contributed by atoms with van der Waals surface area (Å²) < 4.78 is 0. The van der Waals surface area contributed by atoms with E-state index in [9.17, 15) is 0 Å². The van der Waals surface area contributed by atoms with Crippen molar-refractivity contribution in [3.63, 3.8) is 0 Å². The fraction of sp³-hybridized carbons (Fsp3) is 0.250. The predicted octanol–water partition coefficient (Wildman–Crippen LogP) is 1.61. The van der Waals surface area contributed by atoms with Crippen molar-refractivity contribution in [3.05, 3.63) is 17.9 Å². The first-order valence-corrected chi connectivity index (χ1v) is 3.74. The first-order chi connectivity index (χ1) is 2.89. The van der Waals surface area contributed by atoms with Gasteiger partial charge < -0.3 is 0 Å². The summed E-state index contributed by atoms with van der Waals surface area (Å²) in [6, 6.07) is 0. The minimum absolute atomic E-state index is 0.0628. The number of aryl methyl sites for hydroxylation is 1. The van der Waals surface area contributed by atoms with E-state index in [4.69, 9.17) is 0 Å². The van der Waals surface area contributed by atoms with Crippen LogP contribution in [0.15, 0.2) is 17.9 Å². The highest BCUT2D eigenvalue weighted by Crippen LogP contribution is 2.17. The van der Waals surface area contributed by atoms with Gasteiger partial charge in [-0.15, -0.1) is 7.53 Å². The summed E-state index contributed by atoms with van der Waals surface area (Å²) in [4.78, 5) is 3.89. The Bertz CT molecular complexity index is 111. The lowest BCUT2D eigenvalue weighted by molar-refractivity contribution is 1.43. The Kier molecular flexibility index (Phi) is 0.932. The Balaban J connectivity index is 3.05. The molecule has 0 aliphatic rings. The van der Waals surface area contributed by atoms with Crippen LogP contribution in [0.4, 0.5) is 0 Å². The molecule has 0 aliphatic heterocycles. The Labute approximate surface area is 38.1 Å². The van der Waals surface area contributed by atoms with Crippen LogP contribution >= 0.6 is 7.53 Å². The van der Waals surface area contributed by atoms with Crippen LogP contribution in [0.2, 0.25) is 0 Å². The van der Waals surface area contributed by atoms with Gasteiger partial charge in [0.25, 0.3) is 0 Å². The third-order valence-electron chi connectivity index (χ3n) is 0.637. The predicted molar refractivity (Wildman–Crippen MR) is 27.9 cm³/mol. The van der Waals surface area contributed by atoms with Gasteiger partial charge in [-0.1, -0.05) is 0 Å². The van der Waals surface area contributed by atoms with Crippen molar-refractivity contribution in [2.45, 2.75) is 0 Å². The molecule has 0 aromatic carbocycles. The first-order valence-electron chi connectivity index (χ1n) is 1.81. The number of hydrogen-bond donors (Lipinski definition) is 0. The minimum Gasteiger partial charge on any atom is -0.260 e. The monoisotopic (exact) mass is 99.0 g/mol. The van der Waals surface area contributed by atoms with Gasteiger partial charge in [0, 0.05) is 12.1 Å². The lowest BCUT2D eigenvalue weighted by Gasteiger charge is -1.67. The minimum atomic E-state index is 0.0628. The number of hydrogen-bond acceptors (Lipinski definition) is 1. The van der Waals surface area contributed by atoms with Crippen LogP contribution < -0.4 is 0 Å². The molecule has 1 heterocycles. The normalized spacial score (nSPS) is 11.8. The van der Waals surface area contributed by atoms with Crippen molar-refractivity contribution in [3.8, 4) is 0 Å². The van der Waals surface area contributed by atoms with Crippen molar-refractivity contribution in [1.82, 2.24) is 4.98 Å². The summed E-state index contributed by atoms with van der Waals surface area (Å²) in [5.74, 6) is 4.10. The lowest BCUT2D eigenvalue weighted by atomic mass is 11.0. The average Bonchev–Trinajstić information content (AvgIpc) is 1.86. The number of nitrogens with zero attached hydrogens (tertiary/aromatic N) is 1. The molecule has 2 heteroatoms. The van der Waals surface area contributed by atoms with Crippen molar-refractivity contribution in [2.24, 2.45) is 6.66 Å². The third-order valence-corrected chi connectivity index (χ3v) is 1.74. The van der Waals surface area contributed by atoms with Crippen molar-refractivity contribution in [2.75, 3.05) is 0 Å². The Morgan fingerprint density at radius 2 is 2.50 bits per heavy atom. The van der Waals surface area contributed by atoms with E-state index < -0.39 is 0 Å². The van der Waals surface area contributed by atoms with Crippen LogP contribution in [-0.4, -0.2) is 4.98 Å². The Hall–Kier alpha value is -0.290. The topological polar surface area (TPSA) is 12.9 Å². The van der Waals surface area contributed by atoms with Crippen molar-refractivity contribution in [1.29, 1.82) is 0 Å². The molecule has 0 fully saturated rings. The molecule has 0 bridgehead atoms. The van der Waals surface area contributed by atoms with Crippen LogP contribution in [0.25, 0.3) is 0 Å². The van der Waals surface area contributed by atoms with Gasteiger partial charge in [0.2, 0.25) is 0 Å². The van der Waals surface area contributed by atoms with E-state index in [1.807, 2.05) is 12.1 Å². The van der Waals surface area contributed by atoms with Gasteiger partial charge in [-0.3, -0.25) is 4.98 Å². The largest absolute Gasteiger partial charge is 0.260 e. The molecule has 1 rings (SSSR count). The smallest absolute Gasteiger partial charge is 0.0455 e. The van der Waals surface area contributed by atoms with Gasteiger partial charge in [0.15, 0.2) is 0 Å². The lowest BCUT2D eigenvalue weighted by Crippen LogP contribution is -1.39. The van der Waals surface area contributed by atoms with Crippen molar-refractivity contribution >= 4 is 7.53 Å². The molecule has 6 heavy (non-hydrogen) atoms. The maximum absolute atomic E-state index is 3.89. The highest BCUT2D eigenvalue weighted by Gasteiger charge is 1.73. The van der Waals surface area contributed by atoms with Gasteiger partial charge in [0.05, 0.1) is 0 Å². The number of aromatic nitrogens is 1. The van der Waals surface area contributed by atoms with E-state index in [1.165, 1.54) is 0 Å². The molecule has 1 unspecified atom stereocenters. The van der Waals surface area contributed by atoms with E-state index in [2.05, 4.69) is 17.4 Å². The maximum Gasteiger partial charge on any atom is 0.0455 e. The molecule has 1 nitrogen and oxygen atoms in total. The zero-order chi connectivity index (χ0) is 4.41. The SMILES string of the molecule is Cp1ccnc1. The Morgan fingerprint density at radius 1 is 1.67 bits per heavy atom. The van der Waals surface area contributed by atoms with E-state index in [0.29, 0.717) is 0 Å². The summed E-state index contributed by atoms with van der Waals surface area (Å²) in [5, 5.41) is 0. The van der Waals surface area contributed by atoms with E-state index in [1.54, 1.807) is 0 Å². The van der Waals surface area contributed by atoms with E-state index in [0.717, 1.165) is 0 Å². The van der Waals surface area contributed by atoms with Crippen LogP contribution in [0.1, 0.15) is 0 Å². The standard InChI is InChI=1S/C4H6NP/c1-6-3-2-5-4-6/h2-4H,1H3. The second-order valence-corrected chi connectivity index (χ2v) is 3.09. The molecule has 0 spiro atoms. The molecule has 0 amide bonds. The molecule has 0 aliphatic carbocycles. The number of rotatable bonds is 0. The van der Waals surface area contributed by atoms with Crippen LogP contribution in [0, 0.1) is 0 Å².